The van der Waals surface area contributed by atoms with Gasteiger partial charge in [0.1, 0.15) is 5.75 Å². The summed E-state index contributed by atoms with van der Waals surface area (Å²) < 4.78 is 33.1. The number of carbonyl (C=O) groups excluding carboxylic acids is 1. The molecule has 102 valence electrons. The number of halogens is 2. The van der Waals surface area contributed by atoms with Gasteiger partial charge in [0, 0.05) is 29.6 Å². The molecule has 0 aliphatic heterocycles. The number of H-pyrrole nitrogens is 1. The Morgan fingerprint density at radius 3 is 2.84 bits per heavy atom. The Morgan fingerprint density at radius 1 is 1.47 bits per heavy atom. The van der Waals surface area contributed by atoms with Crippen LogP contribution in [-0.4, -0.2) is 24.5 Å². The zero-order valence-corrected chi connectivity index (χ0v) is 10.6. The third-order valence-corrected chi connectivity index (χ3v) is 2.84. The average Bonchev–Trinajstić information content (AvgIpc) is 2.79. The fourth-order valence-corrected chi connectivity index (χ4v) is 1.86. The number of hydrogen-bond acceptors (Lipinski definition) is 2. The summed E-state index contributed by atoms with van der Waals surface area (Å²) in [5, 5.41) is 2.52. The first-order valence-electron chi connectivity index (χ1n) is 5.72. The van der Waals surface area contributed by atoms with E-state index in [4.69, 9.17) is 4.74 Å². The van der Waals surface area contributed by atoms with E-state index in [0.717, 1.165) is 0 Å². The molecule has 0 saturated carbocycles. The van der Waals surface area contributed by atoms with Crippen molar-refractivity contribution in [3.63, 3.8) is 0 Å². The number of aromatic nitrogens is 1. The number of alkyl halides is 2. The van der Waals surface area contributed by atoms with Crippen LogP contribution in [0.1, 0.15) is 12.5 Å². The maximum Gasteiger partial charge on any atom is 0.292 e. The molecule has 2 rings (SSSR count). The smallest absolute Gasteiger partial charge is 0.292 e. The summed E-state index contributed by atoms with van der Waals surface area (Å²) in [5.41, 5.74) is 0.438. The van der Waals surface area contributed by atoms with Crippen LogP contribution in [0.4, 0.5) is 8.78 Å². The summed E-state index contributed by atoms with van der Waals surface area (Å²) in [6.45, 7) is 0.473. The average molecular weight is 268 g/mol. The van der Waals surface area contributed by atoms with Crippen LogP contribution >= 0.6 is 0 Å². The molecule has 4 nitrogen and oxygen atoms in total. The molecule has 1 amide bonds. The van der Waals surface area contributed by atoms with Crippen molar-refractivity contribution in [3.05, 3.63) is 30.0 Å². The fraction of sp³-hybridized carbons (Fsp3) is 0.308. The summed E-state index contributed by atoms with van der Waals surface area (Å²) >= 11 is 0. The first-order valence-corrected chi connectivity index (χ1v) is 5.72. The lowest BCUT2D eigenvalue weighted by Gasteiger charge is -2.16. The molecule has 0 atom stereocenters. The standard InChI is InChI=1S/C13H14F2N2O2/c1-8(18)17-7-13(14,15)11-6-16-12-4-3-9(19-2)5-10(11)12/h3-6,16H,7H2,1-2H3,(H,17,18). The van der Waals surface area contributed by atoms with E-state index in [-0.39, 0.29) is 5.56 Å². The van der Waals surface area contributed by atoms with E-state index >= 15 is 0 Å². The van der Waals surface area contributed by atoms with Gasteiger partial charge in [0.2, 0.25) is 5.91 Å². The number of ether oxygens (including phenoxy) is 1. The van der Waals surface area contributed by atoms with Gasteiger partial charge in [-0.15, -0.1) is 0 Å². The van der Waals surface area contributed by atoms with Crippen LogP contribution in [-0.2, 0) is 10.7 Å². The van der Waals surface area contributed by atoms with Crippen molar-refractivity contribution in [2.24, 2.45) is 0 Å². The van der Waals surface area contributed by atoms with Crippen LogP contribution in [0, 0.1) is 0 Å². The highest BCUT2D eigenvalue weighted by Gasteiger charge is 2.34. The number of benzene rings is 1. The van der Waals surface area contributed by atoms with Gasteiger partial charge in [-0.2, -0.15) is 8.78 Å². The van der Waals surface area contributed by atoms with Crippen molar-refractivity contribution in [3.8, 4) is 5.75 Å². The number of hydrogen-bond donors (Lipinski definition) is 2. The highest BCUT2D eigenvalue weighted by molar-refractivity contribution is 5.85. The van der Waals surface area contributed by atoms with Gasteiger partial charge in [-0.1, -0.05) is 0 Å². The van der Waals surface area contributed by atoms with Gasteiger partial charge in [0.15, 0.2) is 0 Å². The Balaban J connectivity index is 2.40. The lowest BCUT2D eigenvalue weighted by Crippen LogP contribution is -2.33. The van der Waals surface area contributed by atoms with E-state index in [1.807, 2.05) is 0 Å². The molecule has 0 bridgehead atoms. The minimum absolute atomic E-state index is 0.157. The zero-order chi connectivity index (χ0) is 14.0. The molecule has 0 fully saturated rings. The van der Waals surface area contributed by atoms with Crippen molar-refractivity contribution in [1.82, 2.24) is 10.3 Å². The summed E-state index contributed by atoms with van der Waals surface area (Å²) in [6.07, 6.45) is 1.26. The Bertz CT molecular complexity index is 608. The first kappa shape index (κ1) is 13.3. The molecule has 1 aromatic heterocycles. The maximum absolute atomic E-state index is 14.0. The lowest BCUT2D eigenvalue weighted by molar-refractivity contribution is -0.121. The predicted octanol–water partition coefficient (Wildman–Crippen LogP) is 2.40. The number of rotatable bonds is 4. The van der Waals surface area contributed by atoms with Crippen molar-refractivity contribution < 1.29 is 18.3 Å². The number of fused-ring (bicyclic) bond motifs is 1. The van der Waals surface area contributed by atoms with E-state index in [1.165, 1.54) is 20.2 Å². The van der Waals surface area contributed by atoms with Crippen LogP contribution in [0.25, 0.3) is 10.9 Å². The van der Waals surface area contributed by atoms with E-state index in [2.05, 4.69) is 10.3 Å². The second-order valence-electron chi connectivity index (χ2n) is 4.23. The van der Waals surface area contributed by atoms with Gasteiger partial charge in [-0.25, -0.2) is 0 Å². The minimum atomic E-state index is -3.14. The number of amides is 1. The molecule has 0 unspecified atom stereocenters. The minimum Gasteiger partial charge on any atom is -0.497 e. The van der Waals surface area contributed by atoms with Crippen molar-refractivity contribution in [2.45, 2.75) is 12.8 Å². The van der Waals surface area contributed by atoms with Crippen LogP contribution < -0.4 is 10.1 Å². The lowest BCUT2D eigenvalue weighted by atomic mass is 10.1. The maximum atomic E-state index is 14.0. The van der Waals surface area contributed by atoms with Crippen LogP contribution in [0.5, 0.6) is 5.75 Å². The zero-order valence-electron chi connectivity index (χ0n) is 10.6. The summed E-state index contributed by atoms with van der Waals surface area (Å²) in [5.74, 6) is -3.13. The molecular formula is C13H14F2N2O2. The van der Waals surface area contributed by atoms with Gasteiger partial charge in [-0.3, -0.25) is 4.79 Å². The topological polar surface area (TPSA) is 54.1 Å². The summed E-state index contributed by atoms with van der Waals surface area (Å²) in [6, 6.07) is 4.91. The Hall–Kier alpha value is -2.11. The summed E-state index contributed by atoms with van der Waals surface area (Å²) in [4.78, 5) is 13.5. The van der Waals surface area contributed by atoms with Gasteiger partial charge in [0.25, 0.3) is 5.92 Å². The number of methoxy groups -OCH3 is 1. The van der Waals surface area contributed by atoms with E-state index in [9.17, 15) is 13.6 Å². The molecule has 0 saturated heterocycles. The van der Waals surface area contributed by atoms with E-state index in [1.54, 1.807) is 18.2 Å². The second-order valence-corrected chi connectivity index (χ2v) is 4.23. The molecule has 2 aromatic rings. The van der Waals surface area contributed by atoms with Gasteiger partial charge >= 0.3 is 0 Å². The Kier molecular flexibility index (Phi) is 3.42. The third kappa shape index (κ3) is 2.67. The number of aromatic amines is 1. The molecule has 1 heterocycles. The quantitative estimate of drug-likeness (QED) is 0.894. The number of nitrogens with one attached hydrogen (secondary N) is 2. The molecular weight excluding hydrogens is 254 g/mol. The molecule has 2 N–H and O–H groups in total. The van der Waals surface area contributed by atoms with Crippen molar-refractivity contribution >= 4 is 16.8 Å². The number of carbonyl (C=O) groups is 1. The normalized spacial score (nSPS) is 11.6. The van der Waals surface area contributed by atoms with E-state index in [0.29, 0.717) is 16.7 Å². The van der Waals surface area contributed by atoms with Crippen molar-refractivity contribution in [1.29, 1.82) is 0 Å². The summed E-state index contributed by atoms with van der Waals surface area (Å²) in [7, 11) is 1.48. The Morgan fingerprint density at radius 2 is 2.21 bits per heavy atom. The molecule has 1 aromatic carbocycles. The van der Waals surface area contributed by atoms with Gasteiger partial charge < -0.3 is 15.0 Å². The fourth-order valence-electron chi connectivity index (χ4n) is 1.86. The predicted molar refractivity (Wildman–Crippen MR) is 67.4 cm³/mol. The molecule has 0 aliphatic carbocycles. The molecule has 0 aliphatic rings. The van der Waals surface area contributed by atoms with Crippen LogP contribution in [0.2, 0.25) is 0 Å². The molecule has 6 heteroatoms. The SMILES string of the molecule is COc1ccc2[nH]cc(C(F)(F)CNC(C)=O)c2c1. The third-order valence-electron chi connectivity index (χ3n) is 2.84. The van der Waals surface area contributed by atoms with Crippen LogP contribution in [0.3, 0.4) is 0 Å². The monoisotopic (exact) mass is 268 g/mol. The highest BCUT2D eigenvalue weighted by Crippen LogP contribution is 2.34. The van der Waals surface area contributed by atoms with Gasteiger partial charge in [0.05, 0.1) is 13.7 Å². The van der Waals surface area contributed by atoms with Crippen LogP contribution in [0.15, 0.2) is 24.4 Å². The molecule has 0 radical (unpaired) electrons. The molecule has 19 heavy (non-hydrogen) atoms. The largest absolute Gasteiger partial charge is 0.497 e. The highest BCUT2D eigenvalue weighted by atomic mass is 19.3. The van der Waals surface area contributed by atoms with Crippen molar-refractivity contribution in [2.75, 3.05) is 13.7 Å². The van der Waals surface area contributed by atoms with Gasteiger partial charge in [-0.05, 0) is 18.2 Å². The van der Waals surface area contributed by atoms with E-state index < -0.39 is 18.4 Å². The molecule has 0 spiro atoms. The second kappa shape index (κ2) is 4.87. The first-order chi connectivity index (χ1) is 8.94. The Labute approximate surface area is 108 Å².